The summed E-state index contributed by atoms with van der Waals surface area (Å²) in [5.41, 5.74) is 1.63. The third kappa shape index (κ3) is 3.17. The zero-order valence-electron chi connectivity index (χ0n) is 11.4. The minimum atomic E-state index is -0.256. The molecule has 0 aromatic heterocycles. The van der Waals surface area contributed by atoms with Gasteiger partial charge in [0.05, 0.1) is 12.3 Å². The number of benzene rings is 1. The molecule has 1 aliphatic rings. The Hall–Kier alpha value is -1.75. The largest absolute Gasteiger partial charge is 0.491 e. The highest BCUT2D eigenvalue weighted by Crippen LogP contribution is 2.36. The van der Waals surface area contributed by atoms with Crippen LogP contribution in [0.2, 0.25) is 0 Å². The van der Waals surface area contributed by atoms with Gasteiger partial charge in [-0.15, -0.1) is 0 Å². The van der Waals surface area contributed by atoms with Gasteiger partial charge in [0.2, 0.25) is 5.91 Å². The van der Waals surface area contributed by atoms with Gasteiger partial charge < -0.3 is 20.1 Å². The first-order valence-electron chi connectivity index (χ1n) is 6.58. The fraction of sp³-hybridized carbons (Fsp3) is 0.500. The van der Waals surface area contributed by atoms with Crippen molar-refractivity contribution in [1.29, 1.82) is 0 Å². The maximum Gasteiger partial charge on any atom is 0.247 e. The summed E-state index contributed by atoms with van der Waals surface area (Å²) in [4.78, 5) is 12.0. The van der Waals surface area contributed by atoms with Gasteiger partial charge in [-0.3, -0.25) is 4.79 Å². The third-order valence-corrected chi connectivity index (χ3v) is 2.99. The van der Waals surface area contributed by atoms with Crippen LogP contribution in [0.5, 0.6) is 5.75 Å². The Morgan fingerprint density at radius 2 is 2.16 bits per heavy atom. The van der Waals surface area contributed by atoms with Crippen LogP contribution in [0, 0.1) is 0 Å². The van der Waals surface area contributed by atoms with Gasteiger partial charge >= 0.3 is 0 Å². The Morgan fingerprint density at radius 3 is 2.89 bits per heavy atom. The van der Waals surface area contributed by atoms with E-state index in [0.717, 1.165) is 17.8 Å². The fourth-order valence-electron chi connectivity index (χ4n) is 2.02. The van der Waals surface area contributed by atoms with E-state index in [9.17, 15) is 4.79 Å². The lowest BCUT2D eigenvalue weighted by atomic mass is 10.1. The topological polar surface area (TPSA) is 59.6 Å². The molecule has 5 nitrogen and oxygen atoms in total. The van der Waals surface area contributed by atoms with Crippen LogP contribution >= 0.6 is 0 Å². The SMILES string of the molecule is CCCOc1cccc2c1NC(=O)C(CCOC)N2. The van der Waals surface area contributed by atoms with E-state index >= 15 is 0 Å². The highest BCUT2D eigenvalue weighted by atomic mass is 16.5. The van der Waals surface area contributed by atoms with Crippen molar-refractivity contribution in [2.75, 3.05) is 31.0 Å². The van der Waals surface area contributed by atoms with Gasteiger partial charge in [0.25, 0.3) is 0 Å². The van der Waals surface area contributed by atoms with Crippen LogP contribution in [-0.4, -0.2) is 32.3 Å². The summed E-state index contributed by atoms with van der Waals surface area (Å²) in [6, 6.07) is 5.47. The van der Waals surface area contributed by atoms with Crippen LogP contribution in [0.1, 0.15) is 19.8 Å². The smallest absolute Gasteiger partial charge is 0.247 e. The molecule has 1 unspecified atom stereocenters. The van der Waals surface area contributed by atoms with Gasteiger partial charge in [-0.25, -0.2) is 0 Å². The average Bonchev–Trinajstić information content (AvgIpc) is 2.43. The lowest BCUT2D eigenvalue weighted by Crippen LogP contribution is -2.39. The molecule has 0 radical (unpaired) electrons. The van der Waals surface area contributed by atoms with Crippen LogP contribution < -0.4 is 15.4 Å². The summed E-state index contributed by atoms with van der Waals surface area (Å²) >= 11 is 0. The number of hydrogen-bond acceptors (Lipinski definition) is 4. The summed E-state index contributed by atoms with van der Waals surface area (Å²) in [5, 5.41) is 6.14. The molecule has 104 valence electrons. The number of hydrogen-bond donors (Lipinski definition) is 2. The van der Waals surface area contributed by atoms with E-state index in [1.165, 1.54) is 0 Å². The molecule has 0 spiro atoms. The Morgan fingerprint density at radius 1 is 1.32 bits per heavy atom. The molecule has 1 amide bonds. The molecule has 0 fully saturated rings. The molecule has 1 atom stereocenters. The quantitative estimate of drug-likeness (QED) is 0.827. The number of methoxy groups -OCH3 is 1. The monoisotopic (exact) mass is 264 g/mol. The molecule has 5 heteroatoms. The van der Waals surface area contributed by atoms with E-state index in [2.05, 4.69) is 10.6 Å². The van der Waals surface area contributed by atoms with E-state index in [0.29, 0.717) is 25.4 Å². The van der Waals surface area contributed by atoms with E-state index < -0.39 is 0 Å². The highest BCUT2D eigenvalue weighted by Gasteiger charge is 2.26. The number of fused-ring (bicyclic) bond motifs is 1. The lowest BCUT2D eigenvalue weighted by Gasteiger charge is -2.28. The second-order valence-electron chi connectivity index (χ2n) is 4.49. The van der Waals surface area contributed by atoms with Crippen LogP contribution in [0.4, 0.5) is 11.4 Å². The molecule has 1 aliphatic heterocycles. The number of rotatable bonds is 6. The maximum absolute atomic E-state index is 12.0. The predicted molar refractivity (Wildman–Crippen MR) is 74.8 cm³/mol. The first-order valence-corrected chi connectivity index (χ1v) is 6.58. The summed E-state index contributed by atoms with van der Waals surface area (Å²) in [7, 11) is 1.63. The summed E-state index contributed by atoms with van der Waals surface area (Å²) in [6.07, 6.45) is 1.57. The second-order valence-corrected chi connectivity index (χ2v) is 4.49. The standard InChI is InChI=1S/C14H20N2O3/c1-3-8-19-12-6-4-5-10-13(12)16-14(17)11(15-10)7-9-18-2/h4-6,11,15H,3,7-9H2,1-2H3,(H,16,17). The number of amides is 1. The van der Waals surface area contributed by atoms with Crippen molar-refractivity contribution in [3.8, 4) is 5.75 Å². The Kier molecular flexibility index (Phi) is 4.63. The average molecular weight is 264 g/mol. The van der Waals surface area contributed by atoms with Crippen molar-refractivity contribution in [3.63, 3.8) is 0 Å². The van der Waals surface area contributed by atoms with Gasteiger partial charge in [0.15, 0.2) is 0 Å². The Balaban J connectivity index is 2.15. The molecule has 0 saturated heterocycles. The van der Waals surface area contributed by atoms with E-state index in [4.69, 9.17) is 9.47 Å². The van der Waals surface area contributed by atoms with Gasteiger partial charge in [-0.1, -0.05) is 13.0 Å². The van der Waals surface area contributed by atoms with Crippen molar-refractivity contribution in [3.05, 3.63) is 18.2 Å². The highest BCUT2D eigenvalue weighted by molar-refractivity contribution is 6.04. The number of nitrogens with one attached hydrogen (secondary N) is 2. The molecule has 2 N–H and O–H groups in total. The van der Waals surface area contributed by atoms with E-state index in [1.807, 2.05) is 25.1 Å². The summed E-state index contributed by atoms with van der Waals surface area (Å²) in [6.45, 7) is 3.23. The minimum absolute atomic E-state index is 0.0444. The second kappa shape index (κ2) is 6.43. The number of ether oxygens (including phenoxy) is 2. The molecule has 1 aromatic carbocycles. The molecule has 1 aromatic rings. The fourth-order valence-corrected chi connectivity index (χ4v) is 2.02. The van der Waals surface area contributed by atoms with Crippen molar-refractivity contribution >= 4 is 17.3 Å². The van der Waals surface area contributed by atoms with Crippen LogP contribution in [0.25, 0.3) is 0 Å². The zero-order chi connectivity index (χ0) is 13.7. The molecule has 1 heterocycles. The Bertz CT molecular complexity index is 448. The van der Waals surface area contributed by atoms with E-state index in [1.54, 1.807) is 7.11 Å². The maximum atomic E-state index is 12.0. The van der Waals surface area contributed by atoms with Crippen LogP contribution in [0.15, 0.2) is 18.2 Å². The van der Waals surface area contributed by atoms with Crippen molar-refractivity contribution < 1.29 is 14.3 Å². The van der Waals surface area contributed by atoms with Gasteiger partial charge in [-0.2, -0.15) is 0 Å². The number of carbonyl (C=O) groups excluding carboxylic acids is 1. The van der Waals surface area contributed by atoms with Crippen molar-refractivity contribution in [2.24, 2.45) is 0 Å². The third-order valence-electron chi connectivity index (χ3n) is 2.99. The van der Waals surface area contributed by atoms with Gasteiger partial charge in [0, 0.05) is 13.7 Å². The first kappa shape index (κ1) is 13.7. The molecule has 2 rings (SSSR count). The van der Waals surface area contributed by atoms with Gasteiger partial charge in [-0.05, 0) is 25.0 Å². The molecular weight excluding hydrogens is 244 g/mol. The summed E-state index contributed by atoms with van der Waals surface area (Å²) in [5.74, 6) is 0.669. The van der Waals surface area contributed by atoms with Crippen LogP contribution in [-0.2, 0) is 9.53 Å². The molecule has 0 aliphatic carbocycles. The normalized spacial score (nSPS) is 17.4. The lowest BCUT2D eigenvalue weighted by molar-refractivity contribution is -0.117. The van der Waals surface area contributed by atoms with Crippen molar-refractivity contribution in [1.82, 2.24) is 0 Å². The number of carbonyl (C=O) groups is 1. The number of para-hydroxylation sites is 1. The first-order chi connectivity index (χ1) is 9.26. The molecule has 19 heavy (non-hydrogen) atoms. The summed E-state index contributed by atoms with van der Waals surface area (Å²) < 4.78 is 10.7. The van der Waals surface area contributed by atoms with Crippen molar-refractivity contribution in [2.45, 2.75) is 25.8 Å². The molecule has 0 bridgehead atoms. The van der Waals surface area contributed by atoms with Crippen LogP contribution in [0.3, 0.4) is 0 Å². The predicted octanol–water partition coefficient (Wildman–Crippen LogP) is 2.24. The van der Waals surface area contributed by atoms with Gasteiger partial charge in [0.1, 0.15) is 17.5 Å². The molecular formula is C14H20N2O3. The Labute approximate surface area is 113 Å². The zero-order valence-corrected chi connectivity index (χ0v) is 11.4. The van der Waals surface area contributed by atoms with E-state index in [-0.39, 0.29) is 11.9 Å². The molecule has 0 saturated carbocycles. The minimum Gasteiger partial charge on any atom is -0.491 e. The number of anilines is 2.